The number of carbonyl (C=O) groups excluding carboxylic acids is 1. The van der Waals surface area contributed by atoms with Crippen molar-refractivity contribution in [3.8, 4) is 11.5 Å². The van der Waals surface area contributed by atoms with Crippen molar-refractivity contribution in [2.75, 3.05) is 12.4 Å². The second kappa shape index (κ2) is 8.19. The lowest BCUT2D eigenvalue weighted by molar-refractivity contribution is -0.115. The first-order valence-corrected chi connectivity index (χ1v) is 7.86. The van der Waals surface area contributed by atoms with Crippen LogP contribution >= 0.6 is 0 Å². The zero-order valence-electron chi connectivity index (χ0n) is 14.4. The number of methoxy groups -OCH3 is 1. The van der Waals surface area contributed by atoms with Crippen molar-refractivity contribution >= 4 is 17.6 Å². The van der Waals surface area contributed by atoms with Gasteiger partial charge in [0, 0.05) is 11.8 Å². The number of anilines is 1. The highest BCUT2D eigenvalue weighted by atomic mass is 16.5. The molecular formula is C19H21NO5. The van der Waals surface area contributed by atoms with E-state index in [4.69, 9.17) is 14.6 Å². The number of carboxylic acid groups (broad SMARTS) is 1. The first-order valence-electron chi connectivity index (χ1n) is 7.86. The van der Waals surface area contributed by atoms with Crippen molar-refractivity contribution in [3.63, 3.8) is 0 Å². The van der Waals surface area contributed by atoms with Crippen molar-refractivity contribution in [2.24, 2.45) is 0 Å². The van der Waals surface area contributed by atoms with Crippen LogP contribution < -0.4 is 14.8 Å². The summed E-state index contributed by atoms with van der Waals surface area (Å²) in [6.45, 7) is 3.81. The summed E-state index contributed by atoms with van der Waals surface area (Å²) in [6.07, 6.45) is 0.0478. The van der Waals surface area contributed by atoms with E-state index in [1.54, 1.807) is 37.4 Å². The van der Waals surface area contributed by atoms with Crippen LogP contribution in [0.4, 0.5) is 5.69 Å². The van der Waals surface area contributed by atoms with E-state index in [1.807, 2.05) is 13.8 Å². The van der Waals surface area contributed by atoms with Crippen LogP contribution in [0.5, 0.6) is 11.5 Å². The fourth-order valence-electron chi connectivity index (χ4n) is 2.31. The quantitative estimate of drug-likeness (QED) is 0.805. The van der Waals surface area contributed by atoms with Gasteiger partial charge in [-0.05, 0) is 43.7 Å². The second-order valence-electron chi connectivity index (χ2n) is 5.76. The van der Waals surface area contributed by atoms with Crippen LogP contribution in [0.15, 0.2) is 42.5 Å². The predicted molar refractivity (Wildman–Crippen MR) is 94.5 cm³/mol. The molecule has 0 saturated heterocycles. The maximum atomic E-state index is 12.2. The SMILES string of the molecule is COc1ccc(NC(=O)Cc2cccc(C(=O)O)c2)cc1OC(C)C. The summed E-state index contributed by atoms with van der Waals surface area (Å²) < 4.78 is 10.9. The standard InChI is InChI=1S/C19H21NO5/c1-12(2)25-17-11-15(7-8-16(17)24-3)20-18(21)10-13-5-4-6-14(9-13)19(22)23/h4-9,11-12H,10H2,1-3H3,(H,20,21)(H,22,23). The third kappa shape index (κ3) is 5.24. The van der Waals surface area contributed by atoms with Crippen LogP contribution in [0.1, 0.15) is 29.8 Å². The molecule has 0 radical (unpaired) electrons. The largest absolute Gasteiger partial charge is 0.493 e. The zero-order chi connectivity index (χ0) is 18.4. The summed E-state index contributed by atoms with van der Waals surface area (Å²) in [4.78, 5) is 23.2. The average Bonchev–Trinajstić information content (AvgIpc) is 2.54. The van der Waals surface area contributed by atoms with E-state index >= 15 is 0 Å². The molecule has 0 bridgehead atoms. The first-order chi connectivity index (χ1) is 11.9. The van der Waals surface area contributed by atoms with Crippen molar-refractivity contribution in [3.05, 3.63) is 53.6 Å². The number of nitrogens with one attached hydrogen (secondary N) is 1. The molecule has 132 valence electrons. The first kappa shape index (κ1) is 18.3. The Bertz CT molecular complexity index is 770. The van der Waals surface area contributed by atoms with Crippen molar-refractivity contribution in [1.29, 1.82) is 0 Å². The predicted octanol–water partition coefficient (Wildman–Crippen LogP) is 3.36. The number of hydrogen-bond donors (Lipinski definition) is 2. The minimum Gasteiger partial charge on any atom is -0.493 e. The highest BCUT2D eigenvalue weighted by Crippen LogP contribution is 2.31. The highest BCUT2D eigenvalue weighted by molar-refractivity contribution is 5.93. The number of aromatic carboxylic acids is 1. The number of benzene rings is 2. The molecule has 2 N–H and O–H groups in total. The topological polar surface area (TPSA) is 84.9 Å². The third-order valence-corrected chi connectivity index (χ3v) is 3.35. The molecule has 0 aromatic heterocycles. The molecule has 25 heavy (non-hydrogen) atoms. The molecule has 2 aromatic rings. The van der Waals surface area contributed by atoms with E-state index in [0.717, 1.165) is 0 Å². The Morgan fingerprint density at radius 3 is 2.52 bits per heavy atom. The summed E-state index contributed by atoms with van der Waals surface area (Å²) >= 11 is 0. The molecule has 0 unspecified atom stereocenters. The smallest absolute Gasteiger partial charge is 0.335 e. The Morgan fingerprint density at radius 2 is 1.88 bits per heavy atom. The molecule has 0 aliphatic heterocycles. The van der Waals surface area contributed by atoms with E-state index in [-0.39, 0.29) is 24.0 Å². The summed E-state index contributed by atoms with van der Waals surface area (Å²) in [5, 5.41) is 11.8. The minimum atomic E-state index is -1.02. The van der Waals surface area contributed by atoms with Gasteiger partial charge in [0.1, 0.15) is 0 Å². The Morgan fingerprint density at radius 1 is 1.12 bits per heavy atom. The van der Waals surface area contributed by atoms with Crippen LogP contribution in [0.25, 0.3) is 0 Å². The Labute approximate surface area is 146 Å². The number of carbonyl (C=O) groups is 2. The lowest BCUT2D eigenvalue weighted by Crippen LogP contribution is -2.15. The van der Waals surface area contributed by atoms with Gasteiger partial charge in [-0.1, -0.05) is 12.1 Å². The van der Waals surface area contributed by atoms with Gasteiger partial charge in [0.15, 0.2) is 11.5 Å². The average molecular weight is 343 g/mol. The van der Waals surface area contributed by atoms with E-state index in [9.17, 15) is 9.59 Å². The molecule has 6 nitrogen and oxygen atoms in total. The van der Waals surface area contributed by atoms with Crippen LogP contribution in [-0.4, -0.2) is 30.2 Å². The fraction of sp³-hybridized carbons (Fsp3) is 0.263. The van der Waals surface area contributed by atoms with Gasteiger partial charge in [-0.15, -0.1) is 0 Å². The molecule has 2 aromatic carbocycles. The molecule has 0 heterocycles. The fourth-order valence-corrected chi connectivity index (χ4v) is 2.31. The van der Waals surface area contributed by atoms with Crippen LogP contribution in [0.2, 0.25) is 0 Å². The van der Waals surface area contributed by atoms with Gasteiger partial charge < -0.3 is 19.9 Å². The summed E-state index contributed by atoms with van der Waals surface area (Å²) in [5.74, 6) is -0.139. The summed E-state index contributed by atoms with van der Waals surface area (Å²) in [5.41, 5.74) is 1.36. The molecule has 0 aliphatic rings. The molecule has 2 rings (SSSR count). The van der Waals surface area contributed by atoms with Gasteiger partial charge in [0.25, 0.3) is 0 Å². The van der Waals surface area contributed by atoms with Gasteiger partial charge in [-0.25, -0.2) is 4.79 Å². The van der Waals surface area contributed by atoms with Crippen molar-refractivity contribution in [1.82, 2.24) is 0 Å². The van der Waals surface area contributed by atoms with Gasteiger partial charge in [-0.3, -0.25) is 4.79 Å². The van der Waals surface area contributed by atoms with Crippen molar-refractivity contribution in [2.45, 2.75) is 26.4 Å². The van der Waals surface area contributed by atoms with Gasteiger partial charge in [0.05, 0.1) is 25.2 Å². The Kier molecular flexibility index (Phi) is 6.00. The Balaban J connectivity index is 2.10. The van der Waals surface area contributed by atoms with Crippen LogP contribution in [-0.2, 0) is 11.2 Å². The Hall–Kier alpha value is -3.02. The number of amides is 1. The van der Waals surface area contributed by atoms with Crippen molar-refractivity contribution < 1.29 is 24.2 Å². The maximum Gasteiger partial charge on any atom is 0.335 e. The van der Waals surface area contributed by atoms with Crippen LogP contribution in [0, 0.1) is 0 Å². The summed E-state index contributed by atoms with van der Waals surface area (Å²) in [7, 11) is 1.55. The molecular weight excluding hydrogens is 322 g/mol. The monoisotopic (exact) mass is 343 g/mol. The highest BCUT2D eigenvalue weighted by Gasteiger charge is 2.11. The number of ether oxygens (including phenoxy) is 2. The minimum absolute atomic E-state index is 0.0291. The van der Waals surface area contributed by atoms with E-state index < -0.39 is 5.97 Å². The van der Waals surface area contributed by atoms with Crippen LogP contribution in [0.3, 0.4) is 0 Å². The zero-order valence-corrected chi connectivity index (χ0v) is 14.4. The van der Waals surface area contributed by atoms with Gasteiger partial charge in [0.2, 0.25) is 5.91 Å². The molecule has 0 atom stereocenters. The molecule has 0 fully saturated rings. The second-order valence-corrected chi connectivity index (χ2v) is 5.76. The molecule has 6 heteroatoms. The van der Waals surface area contributed by atoms with E-state index in [2.05, 4.69) is 5.32 Å². The normalized spacial score (nSPS) is 10.4. The van der Waals surface area contributed by atoms with E-state index in [0.29, 0.717) is 22.7 Å². The maximum absolute atomic E-state index is 12.2. The van der Waals surface area contributed by atoms with Gasteiger partial charge in [-0.2, -0.15) is 0 Å². The lowest BCUT2D eigenvalue weighted by atomic mass is 10.1. The number of rotatable bonds is 7. The molecule has 1 amide bonds. The van der Waals surface area contributed by atoms with E-state index in [1.165, 1.54) is 12.1 Å². The van der Waals surface area contributed by atoms with Gasteiger partial charge >= 0.3 is 5.97 Å². The molecule has 0 saturated carbocycles. The summed E-state index contributed by atoms with van der Waals surface area (Å²) in [6, 6.07) is 11.5. The lowest BCUT2D eigenvalue weighted by Gasteiger charge is -2.15. The third-order valence-electron chi connectivity index (χ3n) is 3.35. The number of carboxylic acids is 1. The number of hydrogen-bond acceptors (Lipinski definition) is 4. The molecule has 0 spiro atoms. The molecule has 0 aliphatic carbocycles.